The average molecular weight is 384 g/mol. The van der Waals surface area contributed by atoms with Crippen LogP contribution in [0.5, 0.6) is 0 Å². The van der Waals surface area contributed by atoms with Crippen molar-refractivity contribution in [2.24, 2.45) is 5.92 Å². The summed E-state index contributed by atoms with van der Waals surface area (Å²) < 4.78 is 21.8. The predicted octanol–water partition coefficient (Wildman–Crippen LogP) is 2.09. The van der Waals surface area contributed by atoms with Gasteiger partial charge in [0.25, 0.3) is 0 Å². The predicted molar refractivity (Wildman–Crippen MR) is 94.4 cm³/mol. The molecule has 0 aromatic heterocycles. The Labute approximate surface area is 159 Å². The summed E-state index contributed by atoms with van der Waals surface area (Å²) in [6, 6.07) is 0. The number of esters is 1. The molecule has 0 aromatic rings. The first-order valence-corrected chi connectivity index (χ1v) is 9.02. The van der Waals surface area contributed by atoms with Gasteiger partial charge in [0, 0.05) is 25.3 Å². The second-order valence-corrected chi connectivity index (χ2v) is 6.52. The second kappa shape index (κ2) is 11.7. The highest BCUT2D eigenvalue weighted by Gasteiger charge is 2.33. The number of ketones is 3. The minimum absolute atomic E-state index is 0.00358. The third-order valence-corrected chi connectivity index (χ3v) is 3.64. The topological polar surface area (TPSA) is 105 Å². The summed E-state index contributed by atoms with van der Waals surface area (Å²) in [6.45, 7) is 4.26. The molecule has 1 rings (SSSR count). The molecule has 0 amide bonds. The van der Waals surface area contributed by atoms with Crippen LogP contribution in [0.15, 0.2) is 12.3 Å². The quantitative estimate of drug-likeness (QED) is 0.240. The monoisotopic (exact) mass is 384 g/mol. The normalized spacial score (nSPS) is 14.3. The van der Waals surface area contributed by atoms with Crippen LogP contribution in [0.4, 0.5) is 0 Å². The van der Waals surface area contributed by atoms with E-state index in [1.54, 1.807) is 0 Å². The molecule has 0 atom stereocenters. The minimum Gasteiger partial charge on any atom is -0.434 e. The molecule has 0 radical (unpaired) electrons. The molecule has 0 aromatic carbocycles. The lowest BCUT2D eigenvalue weighted by Gasteiger charge is -2.30. The van der Waals surface area contributed by atoms with Gasteiger partial charge in [-0.05, 0) is 33.6 Å². The van der Waals surface area contributed by atoms with Crippen LogP contribution < -0.4 is 0 Å². The Morgan fingerprint density at radius 3 is 1.56 bits per heavy atom. The van der Waals surface area contributed by atoms with Crippen molar-refractivity contribution in [2.45, 2.75) is 58.8 Å². The van der Waals surface area contributed by atoms with Gasteiger partial charge < -0.3 is 18.9 Å². The molecule has 8 heteroatoms. The first-order chi connectivity index (χ1) is 12.7. The molecule has 0 aliphatic heterocycles. The van der Waals surface area contributed by atoms with Crippen LogP contribution in [-0.4, -0.2) is 49.1 Å². The molecule has 0 saturated heterocycles. The maximum Gasteiger partial charge on any atom is 0.313 e. The number of rotatable bonds is 15. The van der Waals surface area contributed by atoms with E-state index < -0.39 is 5.97 Å². The van der Waals surface area contributed by atoms with E-state index in [1.165, 1.54) is 26.8 Å². The van der Waals surface area contributed by atoms with E-state index >= 15 is 0 Å². The number of ether oxygens (including phenoxy) is 4. The zero-order chi connectivity index (χ0) is 20.3. The summed E-state index contributed by atoms with van der Waals surface area (Å²) in [5.41, 5.74) is 0. The summed E-state index contributed by atoms with van der Waals surface area (Å²) in [7, 11) is 0. The van der Waals surface area contributed by atoms with E-state index in [1.807, 2.05) is 0 Å². The Morgan fingerprint density at radius 1 is 0.815 bits per heavy atom. The maximum absolute atomic E-state index is 11.7. The van der Waals surface area contributed by atoms with Crippen LogP contribution in [-0.2, 0) is 38.1 Å². The smallest absolute Gasteiger partial charge is 0.313 e. The SMILES string of the molecule is CC(=O)CCOC(C=COC(=O)C1CC1)(OCCC(C)=O)OCCC(C)=O. The molecule has 27 heavy (non-hydrogen) atoms. The number of hydrogen-bond acceptors (Lipinski definition) is 8. The Morgan fingerprint density at radius 2 is 1.22 bits per heavy atom. The fourth-order valence-electron chi connectivity index (χ4n) is 1.88. The largest absolute Gasteiger partial charge is 0.434 e. The lowest BCUT2D eigenvalue weighted by atomic mass is 10.3. The maximum atomic E-state index is 11.7. The highest BCUT2D eigenvalue weighted by molar-refractivity contribution is 5.76. The Hall–Kier alpha value is -1.90. The van der Waals surface area contributed by atoms with Crippen molar-refractivity contribution < 1.29 is 38.1 Å². The van der Waals surface area contributed by atoms with Crippen LogP contribution in [0.3, 0.4) is 0 Å². The van der Waals surface area contributed by atoms with Gasteiger partial charge in [0.15, 0.2) is 0 Å². The molecule has 1 aliphatic carbocycles. The lowest BCUT2D eigenvalue weighted by molar-refractivity contribution is -0.349. The van der Waals surface area contributed by atoms with E-state index in [0.717, 1.165) is 19.1 Å². The van der Waals surface area contributed by atoms with Crippen LogP contribution >= 0.6 is 0 Å². The van der Waals surface area contributed by atoms with Crippen LogP contribution in [0.2, 0.25) is 0 Å². The summed E-state index contributed by atoms with van der Waals surface area (Å²) in [6.07, 6.45) is 4.38. The van der Waals surface area contributed by atoms with E-state index in [0.29, 0.717) is 0 Å². The molecular weight excluding hydrogens is 356 g/mol. The number of carbonyl (C=O) groups excluding carboxylic acids is 4. The number of hydrogen-bond donors (Lipinski definition) is 0. The molecule has 1 saturated carbocycles. The third kappa shape index (κ3) is 10.7. The molecule has 152 valence electrons. The van der Waals surface area contributed by atoms with Crippen LogP contribution in [0.25, 0.3) is 0 Å². The summed E-state index contributed by atoms with van der Waals surface area (Å²) in [5.74, 6) is -2.44. The zero-order valence-corrected chi connectivity index (χ0v) is 16.2. The van der Waals surface area contributed by atoms with Gasteiger partial charge in [-0.25, -0.2) is 0 Å². The van der Waals surface area contributed by atoms with Crippen molar-refractivity contribution in [2.75, 3.05) is 19.8 Å². The highest BCUT2D eigenvalue weighted by Crippen LogP contribution is 2.30. The van der Waals surface area contributed by atoms with Gasteiger partial charge in [0.1, 0.15) is 17.3 Å². The molecular formula is C19H28O8. The van der Waals surface area contributed by atoms with E-state index in [-0.39, 0.29) is 68.3 Å². The van der Waals surface area contributed by atoms with Crippen molar-refractivity contribution in [1.82, 2.24) is 0 Å². The zero-order valence-electron chi connectivity index (χ0n) is 16.2. The van der Waals surface area contributed by atoms with Crippen molar-refractivity contribution in [3.63, 3.8) is 0 Å². The van der Waals surface area contributed by atoms with Gasteiger partial charge in [0.2, 0.25) is 0 Å². The van der Waals surface area contributed by atoms with Gasteiger partial charge >= 0.3 is 11.9 Å². The highest BCUT2D eigenvalue weighted by atomic mass is 16.9. The summed E-state index contributed by atoms with van der Waals surface area (Å²) in [4.78, 5) is 45.2. The summed E-state index contributed by atoms with van der Waals surface area (Å²) in [5, 5.41) is 0. The molecule has 0 heterocycles. The fraction of sp³-hybridized carbons (Fsp3) is 0.684. The van der Waals surface area contributed by atoms with E-state index in [4.69, 9.17) is 18.9 Å². The van der Waals surface area contributed by atoms with Gasteiger partial charge in [-0.15, -0.1) is 0 Å². The average Bonchev–Trinajstić information content (AvgIpc) is 3.38. The standard InChI is InChI=1S/C19H28O8/c1-14(20)6-10-25-19(26-11-7-15(2)21,27-12-8-16(3)22)9-13-24-18(23)17-4-5-17/h9,13,17H,4-8,10-12H2,1-3H3. The molecule has 8 nitrogen and oxygen atoms in total. The summed E-state index contributed by atoms with van der Waals surface area (Å²) >= 11 is 0. The van der Waals surface area contributed by atoms with Crippen LogP contribution in [0, 0.1) is 5.92 Å². The van der Waals surface area contributed by atoms with Gasteiger partial charge in [-0.1, -0.05) is 0 Å². The first kappa shape index (κ1) is 23.1. The third-order valence-electron chi connectivity index (χ3n) is 3.64. The Balaban J connectivity index is 2.81. The molecule has 1 fully saturated rings. The molecule has 0 spiro atoms. The number of Topliss-reactive ketones (excluding diaryl/α,β-unsaturated/α-hetero) is 3. The first-order valence-electron chi connectivity index (χ1n) is 9.02. The Kier molecular flexibility index (Phi) is 10.1. The molecule has 0 bridgehead atoms. The van der Waals surface area contributed by atoms with Gasteiger partial charge in [0.05, 0.1) is 32.0 Å². The lowest BCUT2D eigenvalue weighted by Crippen LogP contribution is -2.39. The van der Waals surface area contributed by atoms with Crippen molar-refractivity contribution in [1.29, 1.82) is 0 Å². The van der Waals surface area contributed by atoms with Crippen LogP contribution in [0.1, 0.15) is 52.9 Å². The van der Waals surface area contributed by atoms with Gasteiger partial charge in [-0.2, -0.15) is 0 Å². The van der Waals surface area contributed by atoms with Crippen molar-refractivity contribution >= 4 is 23.3 Å². The van der Waals surface area contributed by atoms with E-state index in [2.05, 4.69) is 0 Å². The minimum atomic E-state index is -1.76. The molecule has 0 unspecified atom stereocenters. The number of carbonyl (C=O) groups is 4. The van der Waals surface area contributed by atoms with E-state index in [9.17, 15) is 19.2 Å². The fourth-order valence-corrected chi connectivity index (χ4v) is 1.88. The van der Waals surface area contributed by atoms with Crippen molar-refractivity contribution in [3.8, 4) is 0 Å². The second-order valence-electron chi connectivity index (χ2n) is 6.52. The van der Waals surface area contributed by atoms with Gasteiger partial charge in [-0.3, -0.25) is 19.2 Å². The van der Waals surface area contributed by atoms with Crippen molar-refractivity contribution in [3.05, 3.63) is 12.3 Å². The molecule has 1 aliphatic rings. The molecule has 0 N–H and O–H groups in total. The Bertz CT molecular complexity index is 512.